The van der Waals surface area contributed by atoms with Gasteiger partial charge in [-0.3, -0.25) is 4.90 Å². The Bertz CT molecular complexity index is 743. The summed E-state index contributed by atoms with van der Waals surface area (Å²) in [4.78, 5) is 2.37. The maximum absolute atomic E-state index is 11.2. The lowest BCUT2D eigenvalue weighted by molar-refractivity contribution is 0.316. The molecule has 0 saturated carbocycles. The Morgan fingerprint density at radius 1 is 1.35 bits per heavy atom. The third-order valence-corrected chi connectivity index (χ3v) is 4.78. The molecule has 2 heterocycles. The third-order valence-electron chi connectivity index (χ3n) is 4.09. The Kier molecular flexibility index (Phi) is 4.79. The zero-order valence-electron chi connectivity index (χ0n) is 13.2. The summed E-state index contributed by atoms with van der Waals surface area (Å²) in [5.74, 6) is 0.388. The first-order valence-corrected chi connectivity index (χ1v) is 9.65. The first-order chi connectivity index (χ1) is 11.0. The number of benzene rings is 1. The van der Waals surface area contributed by atoms with Crippen LogP contribution in [0.3, 0.4) is 0 Å². The van der Waals surface area contributed by atoms with Gasteiger partial charge in [-0.2, -0.15) is 5.10 Å². The van der Waals surface area contributed by atoms with Gasteiger partial charge in [0.2, 0.25) is 10.0 Å². The smallest absolute Gasteiger partial charge is 0.208 e. The van der Waals surface area contributed by atoms with E-state index >= 15 is 0 Å². The van der Waals surface area contributed by atoms with E-state index in [1.165, 1.54) is 11.8 Å². The Morgan fingerprint density at radius 2 is 2.22 bits per heavy atom. The van der Waals surface area contributed by atoms with Gasteiger partial charge in [0.1, 0.15) is 0 Å². The summed E-state index contributed by atoms with van der Waals surface area (Å²) in [6.07, 6.45) is 5.94. The van der Waals surface area contributed by atoms with Crippen LogP contribution in [-0.2, 0) is 16.6 Å². The zero-order chi connectivity index (χ0) is 16.3. The number of hydrogen-bond donors (Lipinski definition) is 1. The fourth-order valence-corrected chi connectivity index (χ4v) is 3.51. The second kappa shape index (κ2) is 6.82. The van der Waals surface area contributed by atoms with Crippen molar-refractivity contribution in [3.05, 3.63) is 48.3 Å². The van der Waals surface area contributed by atoms with E-state index in [2.05, 4.69) is 26.9 Å². The van der Waals surface area contributed by atoms with Crippen molar-refractivity contribution >= 4 is 10.0 Å². The van der Waals surface area contributed by atoms with E-state index in [1.54, 1.807) is 6.20 Å². The highest BCUT2D eigenvalue weighted by atomic mass is 32.2. The number of hydrogen-bond acceptors (Lipinski definition) is 4. The molecule has 7 heteroatoms. The van der Waals surface area contributed by atoms with Crippen LogP contribution in [0.25, 0.3) is 5.69 Å². The number of aromatic nitrogens is 2. The molecule has 124 valence electrons. The largest absolute Gasteiger partial charge is 0.299 e. The van der Waals surface area contributed by atoms with Crippen LogP contribution in [0, 0.1) is 5.92 Å². The normalized spacial score (nSPS) is 19.3. The first kappa shape index (κ1) is 16.2. The van der Waals surface area contributed by atoms with Crippen molar-refractivity contribution in [1.29, 1.82) is 0 Å². The van der Waals surface area contributed by atoms with Crippen LogP contribution in [0.2, 0.25) is 0 Å². The molecule has 1 aromatic carbocycles. The third kappa shape index (κ3) is 4.63. The number of nitrogens with one attached hydrogen (secondary N) is 1. The van der Waals surface area contributed by atoms with Crippen molar-refractivity contribution < 1.29 is 8.42 Å². The van der Waals surface area contributed by atoms with E-state index in [4.69, 9.17) is 0 Å². The van der Waals surface area contributed by atoms with Crippen molar-refractivity contribution in [2.45, 2.75) is 13.0 Å². The molecule has 1 atom stereocenters. The highest BCUT2D eigenvalue weighted by Gasteiger charge is 2.23. The average molecular weight is 334 g/mol. The van der Waals surface area contributed by atoms with Crippen molar-refractivity contribution in [1.82, 2.24) is 19.4 Å². The molecule has 0 spiro atoms. The maximum Gasteiger partial charge on any atom is 0.208 e. The Morgan fingerprint density at radius 3 is 2.96 bits per heavy atom. The van der Waals surface area contributed by atoms with Gasteiger partial charge in [-0.05, 0) is 42.6 Å². The molecule has 23 heavy (non-hydrogen) atoms. The molecule has 2 aromatic rings. The second-order valence-corrected chi connectivity index (χ2v) is 7.96. The summed E-state index contributed by atoms with van der Waals surface area (Å²) in [6.45, 7) is 3.34. The molecule has 1 saturated heterocycles. The number of nitrogens with zero attached hydrogens (tertiary/aromatic N) is 3. The number of rotatable bonds is 6. The molecule has 1 N–H and O–H groups in total. The van der Waals surface area contributed by atoms with E-state index in [9.17, 15) is 8.42 Å². The molecule has 0 unspecified atom stereocenters. The molecule has 1 aromatic heterocycles. The van der Waals surface area contributed by atoms with Crippen LogP contribution in [0.15, 0.2) is 42.7 Å². The predicted octanol–water partition coefficient (Wildman–Crippen LogP) is 1.24. The Balaban J connectivity index is 1.57. The monoisotopic (exact) mass is 334 g/mol. The lowest BCUT2D eigenvalue weighted by Crippen LogP contribution is -2.30. The van der Waals surface area contributed by atoms with Crippen molar-refractivity contribution in [2.24, 2.45) is 5.92 Å². The summed E-state index contributed by atoms with van der Waals surface area (Å²) < 4.78 is 26.8. The quantitative estimate of drug-likeness (QED) is 0.863. The zero-order valence-corrected chi connectivity index (χ0v) is 14.0. The molecule has 1 aliphatic heterocycles. The van der Waals surface area contributed by atoms with Gasteiger partial charge in [0.15, 0.2) is 0 Å². The van der Waals surface area contributed by atoms with E-state index < -0.39 is 10.0 Å². The van der Waals surface area contributed by atoms with Gasteiger partial charge in [0.05, 0.1) is 11.9 Å². The highest BCUT2D eigenvalue weighted by Crippen LogP contribution is 2.19. The summed E-state index contributed by atoms with van der Waals surface area (Å²) in [7, 11) is -3.10. The lowest BCUT2D eigenvalue weighted by atomic mass is 10.1. The van der Waals surface area contributed by atoms with Crippen molar-refractivity contribution in [3.8, 4) is 5.69 Å². The van der Waals surface area contributed by atoms with Crippen LogP contribution < -0.4 is 4.72 Å². The van der Waals surface area contributed by atoms with Crippen molar-refractivity contribution in [2.75, 3.05) is 25.9 Å². The van der Waals surface area contributed by atoms with Crippen LogP contribution in [-0.4, -0.2) is 49.0 Å². The molecule has 1 aliphatic rings. The Hall–Kier alpha value is -1.70. The summed E-state index contributed by atoms with van der Waals surface area (Å²) in [6, 6.07) is 10.3. The Labute approximate surface area is 137 Å². The average Bonchev–Trinajstić information content (AvgIpc) is 3.16. The van der Waals surface area contributed by atoms with E-state index in [0.29, 0.717) is 12.5 Å². The highest BCUT2D eigenvalue weighted by molar-refractivity contribution is 7.88. The van der Waals surface area contributed by atoms with E-state index in [0.717, 1.165) is 31.7 Å². The van der Waals surface area contributed by atoms with Gasteiger partial charge in [-0.25, -0.2) is 17.8 Å². The van der Waals surface area contributed by atoms with Crippen molar-refractivity contribution in [3.63, 3.8) is 0 Å². The number of likely N-dealkylation sites (tertiary alicyclic amines) is 1. The first-order valence-electron chi connectivity index (χ1n) is 7.75. The fraction of sp³-hybridized carbons (Fsp3) is 0.438. The SMILES string of the molecule is CS(=O)(=O)NC[C@H]1CCN(Cc2cccc(-n3cccn3)c2)C1. The van der Waals surface area contributed by atoms with Gasteiger partial charge < -0.3 is 0 Å². The van der Waals surface area contributed by atoms with Crippen LogP contribution in [0.4, 0.5) is 0 Å². The summed E-state index contributed by atoms with van der Waals surface area (Å²) in [5.41, 5.74) is 2.30. The molecule has 3 rings (SSSR count). The molecule has 6 nitrogen and oxygen atoms in total. The minimum absolute atomic E-state index is 0.388. The molecule has 0 amide bonds. The summed E-state index contributed by atoms with van der Waals surface area (Å²) in [5, 5.41) is 4.26. The van der Waals surface area contributed by atoms with Gasteiger partial charge in [0.25, 0.3) is 0 Å². The predicted molar refractivity (Wildman–Crippen MR) is 89.8 cm³/mol. The molecular formula is C16H22N4O2S. The molecule has 1 fully saturated rings. The maximum atomic E-state index is 11.2. The number of sulfonamides is 1. The fourth-order valence-electron chi connectivity index (χ4n) is 2.97. The van der Waals surface area contributed by atoms with E-state index in [-0.39, 0.29) is 0 Å². The van der Waals surface area contributed by atoms with Gasteiger partial charge in [0, 0.05) is 32.0 Å². The molecule has 0 radical (unpaired) electrons. The standard InChI is InChI=1S/C16H22N4O2S/c1-23(21,22)18-11-15-6-9-19(13-15)12-14-4-2-5-16(10-14)20-8-3-7-17-20/h2-5,7-8,10,15,18H,6,9,11-13H2,1H3/t15-/m1/s1. The molecule has 0 aliphatic carbocycles. The topological polar surface area (TPSA) is 67.2 Å². The minimum Gasteiger partial charge on any atom is -0.299 e. The van der Waals surface area contributed by atoms with Gasteiger partial charge >= 0.3 is 0 Å². The minimum atomic E-state index is -3.10. The second-order valence-electron chi connectivity index (χ2n) is 6.13. The molecule has 0 bridgehead atoms. The van der Waals surface area contributed by atoms with Crippen LogP contribution >= 0.6 is 0 Å². The van der Waals surface area contributed by atoms with Gasteiger partial charge in [-0.1, -0.05) is 12.1 Å². The van der Waals surface area contributed by atoms with Gasteiger partial charge in [-0.15, -0.1) is 0 Å². The van der Waals surface area contributed by atoms with E-state index in [1.807, 2.05) is 29.1 Å². The van der Waals surface area contributed by atoms with Crippen LogP contribution in [0.1, 0.15) is 12.0 Å². The van der Waals surface area contributed by atoms with Crippen LogP contribution in [0.5, 0.6) is 0 Å². The lowest BCUT2D eigenvalue weighted by Gasteiger charge is -2.17. The molecular weight excluding hydrogens is 312 g/mol. The summed E-state index contributed by atoms with van der Waals surface area (Å²) >= 11 is 0.